The summed E-state index contributed by atoms with van der Waals surface area (Å²) in [4.78, 5) is 6.50. The molecule has 134 valence electrons. The van der Waals surface area contributed by atoms with E-state index in [2.05, 4.69) is 32.7 Å². The number of hydrogen-bond donors (Lipinski definition) is 2. The summed E-state index contributed by atoms with van der Waals surface area (Å²) in [6.07, 6.45) is 5.88. The van der Waals surface area contributed by atoms with Gasteiger partial charge in [-0.3, -0.25) is 9.67 Å². The van der Waals surface area contributed by atoms with Crippen molar-refractivity contribution in [1.82, 2.24) is 25.3 Å². The van der Waals surface area contributed by atoms with E-state index in [0.717, 1.165) is 58.1 Å². The fraction of sp³-hybridized carbons (Fsp3) is 0.733. The second-order valence-corrected chi connectivity index (χ2v) is 5.20. The van der Waals surface area contributed by atoms with Gasteiger partial charge in [0.05, 0.1) is 6.61 Å². The average Bonchev–Trinajstić information content (AvgIpc) is 3.04. The molecule has 1 aromatic heterocycles. The summed E-state index contributed by atoms with van der Waals surface area (Å²) in [5.74, 6) is 0.861. The number of aromatic nitrogens is 2. The van der Waals surface area contributed by atoms with Crippen LogP contribution in [0, 0.1) is 0 Å². The highest BCUT2D eigenvalue weighted by molar-refractivity contribution is 14.0. The summed E-state index contributed by atoms with van der Waals surface area (Å²) in [5.41, 5.74) is 0. The van der Waals surface area contributed by atoms with Crippen LogP contribution in [0.5, 0.6) is 0 Å². The van der Waals surface area contributed by atoms with Gasteiger partial charge in [0.1, 0.15) is 0 Å². The van der Waals surface area contributed by atoms with Crippen molar-refractivity contribution in [1.29, 1.82) is 0 Å². The Hall–Kier alpha value is -0.870. The number of rotatable bonds is 11. The van der Waals surface area contributed by atoms with Crippen LogP contribution < -0.4 is 10.6 Å². The Kier molecular flexibility index (Phi) is 14.1. The summed E-state index contributed by atoms with van der Waals surface area (Å²) in [7, 11) is 5.65. The Morgan fingerprint density at radius 3 is 2.61 bits per heavy atom. The number of methoxy groups -OCH3 is 1. The summed E-state index contributed by atoms with van der Waals surface area (Å²) in [6, 6.07) is 1.94. The normalized spacial score (nSPS) is 11.4. The molecule has 0 unspecified atom stereocenters. The van der Waals surface area contributed by atoms with Crippen molar-refractivity contribution in [2.75, 3.05) is 54.0 Å². The van der Waals surface area contributed by atoms with Gasteiger partial charge in [0.25, 0.3) is 0 Å². The van der Waals surface area contributed by atoms with Crippen LogP contribution in [0.1, 0.15) is 12.8 Å². The number of aryl methyl sites for hydroxylation is 1. The van der Waals surface area contributed by atoms with E-state index >= 15 is 0 Å². The number of halogens is 1. The van der Waals surface area contributed by atoms with Gasteiger partial charge in [-0.05, 0) is 32.5 Å². The van der Waals surface area contributed by atoms with Crippen LogP contribution in [-0.2, 0) is 11.3 Å². The zero-order valence-electron chi connectivity index (χ0n) is 14.5. The SMILES string of the molecule is CN=C(NCCCN(C)CCOC)NCCCn1cccn1.I. The minimum atomic E-state index is 0. The van der Waals surface area contributed by atoms with E-state index in [1.807, 2.05) is 16.9 Å². The maximum absolute atomic E-state index is 5.06. The second kappa shape index (κ2) is 14.7. The molecule has 1 rings (SSSR count). The number of hydrogen-bond acceptors (Lipinski definition) is 4. The first kappa shape index (κ1) is 22.1. The maximum Gasteiger partial charge on any atom is 0.190 e. The lowest BCUT2D eigenvalue weighted by atomic mass is 10.4. The van der Waals surface area contributed by atoms with Crippen molar-refractivity contribution >= 4 is 29.9 Å². The van der Waals surface area contributed by atoms with Gasteiger partial charge in [0.15, 0.2) is 5.96 Å². The largest absolute Gasteiger partial charge is 0.383 e. The van der Waals surface area contributed by atoms with E-state index in [0.29, 0.717) is 0 Å². The van der Waals surface area contributed by atoms with Gasteiger partial charge in [0, 0.05) is 52.7 Å². The Morgan fingerprint density at radius 1 is 1.26 bits per heavy atom. The Labute approximate surface area is 156 Å². The van der Waals surface area contributed by atoms with Gasteiger partial charge in [-0.25, -0.2) is 0 Å². The van der Waals surface area contributed by atoms with Crippen molar-refractivity contribution in [3.05, 3.63) is 18.5 Å². The first-order chi connectivity index (χ1) is 10.8. The van der Waals surface area contributed by atoms with Crippen LogP contribution in [0.25, 0.3) is 0 Å². The molecular formula is C15H31IN6O. The molecule has 1 aromatic rings. The Morgan fingerprint density at radius 2 is 2.00 bits per heavy atom. The molecule has 0 saturated carbocycles. The van der Waals surface area contributed by atoms with E-state index in [4.69, 9.17) is 4.74 Å². The lowest BCUT2D eigenvalue weighted by Gasteiger charge is -2.17. The third-order valence-electron chi connectivity index (χ3n) is 3.33. The highest BCUT2D eigenvalue weighted by Gasteiger charge is 2.00. The number of guanidine groups is 1. The topological polar surface area (TPSA) is 66.7 Å². The van der Waals surface area contributed by atoms with Crippen LogP contribution in [0.15, 0.2) is 23.5 Å². The van der Waals surface area contributed by atoms with Gasteiger partial charge in [-0.2, -0.15) is 5.10 Å². The molecule has 23 heavy (non-hydrogen) atoms. The fourth-order valence-electron chi connectivity index (χ4n) is 2.02. The number of nitrogens with one attached hydrogen (secondary N) is 2. The van der Waals surface area contributed by atoms with Crippen LogP contribution in [0.4, 0.5) is 0 Å². The number of ether oxygens (including phenoxy) is 1. The summed E-state index contributed by atoms with van der Waals surface area (Å²) in [6.45, 7) is 5.51. The molecule has 7 nitrogen and oxygen atoms in total. The van der Waals surface area contributed by atoms with Crippen LogP contribution in [0.2, 0.25) is 0 Å². The Bertz CT molecular complexity index is 399. The molecule has 0 aromatic carbocycles. The van der Waals surface area contributed by atoms with Crippen LogP contribution >= 0.6 is 24.0 Å². The zero-order chi connectivity index (χ0) is 16.0. The van der Waals surface area contributed by atoms with E-state index in [1.165, 1.54) is 0 Å². The average molecular weight is 438 g/mol. The monoisotopic (exact) mass is 438 g/mol. The summed E-state index contributed by atoms with van der Waals surface area (Å²) in [5, 5.41) is 10.8. The number of nitrogens with zero attached hydrogens (tertiary/aromatic N) is 4. The van der Waals surface area contributed by atoms with Crippen molar-refractivity contribution in [3.8, 4) is 0 Å². The molecule has 0 radical (unpaired) electrons. The Balaban J connectivity index is 0.00000484. The highest BCUT2D eigenvalue weighted by atomic mass is 127. The first-order valence-electron chi connectivity index (χ1n) is 7.85. The molecule has 0 aliphatic carbocycles. The predicted molar refractivity (Wildman–Crippen MR) is 106 cm³/mol. The van der Waals surface area contributed by atoms with Crippen molar-refractivity contribution < 1.29 is 4.74 Å². The molecule has 0 spiro atoms. The maximum atomic E-state index is 5.06. The molecule has 0 saturated heterocycles. The highest BCUT2D eigenvalue weighted by Crippen LogP contribution is 1.89. The first-order valence-corrected chi connectivity index (χ1v) is 7.85. The van der Waals surface area contributed by atoms with E-state index in [1.54, 1.807) is 20.4 Å². The minimum Gasteiger partial charge on any atom is -0.383 e. The number of likely N-dealkylation sites (N-methyl/N-ethyl adjacent to an activating group) is 1. The van der Waals surface area contributed by atoms with Crippen LogP contribution in [0.3, 0.4) is 0 Å². The molecule has 0 fully saturated rings. The second-order valence-electron chi connectivity index (χ2n) is 5.20. The molecule has 0 amide bonds. The van der Waals surface area contributed by atoms with Gasteiger partial charge < -0.3 is 20.3 Å². The summed E-state index contributed by atoms with van der Waals surface area (Å²) >= 11 is 0. The molecule has 2 N–H and O–H groups in total. The van der Waals surface area contributed by atoms with E-state index in [9.17, 15) is 0 Å². The third-order valence-corrected chi connectivity index (χ3v) is 3.33. The molecule has 0 aliphatic heterocycles. The minimum absolute atomic E-state index is 0. The van der Waals surface area contributed by atoms with Crippen molar-refractivity contribution in [3.63, 3.8) is 0 Å². The van der Waals surface area contributed by atoms with E-state index < -0.39 is 0 Å². The third kappa shape index (κ3) is 11.3. The van der Waals surface area contributed by atoms with E-state index in [-0.39, 0.29) is 24.0 Å². The number of aliphatic imine (C=N–C) groups is 1. The van der Waals surface area contributed by atoms with Gasteiger partial charge in [-0.1, -0.05) is 0 Å². The predicted octanol–water partition coefficient (Wildman–Crippen LogP) is 1.02. The molecular weight excluding hydrogens is 407 g/mol. The van der Waals surface area contributed by atoms with Crippen molar-refractivity contribution in [2.45, 2.75) is 19.4 Å². The standard InChI is InChI=1S/C15H30N6O.HI/c1-16-15(17-7-4-10-20(2)13-14-22-3)18-8-5-11-21-12-6-9-19-21;/h6,9,12H,4-5,7-8,10-11,13-14H2,1-3H3,(H2,16,17,18);1H. The quantitative estimate of drug-likeness (QED) is 0.234. The fourth-order valence-corrected chi connectivity index (χ4v) is 2.02. The van der Waals surface area contributed by atoms with Crippen molar-refractivity contribution in [2.24, 2.45) is 4.99 Å². The molecule has 0 bridgehead atoms. The lowest BCUT2D eigenvalue weighted by molar-refractivity contribution is 0.161. The molecule has 1 heterocycles. The van der Waals surface area contributed by atoms with Crippen LogP contribution in [-0.4, -0.2) is 74.6 Å². The van der Waals surface area contributed by atoms with Gasteiger partial charge >= 0.3 is 0 Å². The molecule has 8 heteroatoms. The zero-order valence-corrected chi connectivity index (χ0v) is 16.8. The lowest BCUT2D eigenvalue weighted by Crippen LogP contribution is -2.39. The smallest absolute Gasteiger partial charge is 0.190 e. The van der Waals surface area contributed by atoms with Gasteiger partial charge in [0.2, 0.25) is 0 Å². The molecule has 0 aliphatic rings. The van der Waals surface area contributed by atoms with Gasteiger partial charge in [-0.15, -0.1) is 24.0 Å². The summed E-state index contributed by atoms with van der Waals surface area (Å²) < 4.78 is 7.00. The molecule has 0 atom stereocenters.